The Labute approximate surface area is 181 Å². The van der Waals surface area contributed by atoms with Gasteiger partial charge < -0.3 is 9.64 Å². The Balaban J connectivity index is 1.29. The summed E-state index contributed by atoms with van der Waals surface area (Å²) in [6.45, 7) is 6.86. The molecule has 3 aromatic carbocycles. The fourth-order valence-corrected chi connectivity index (χ4v) is 4.70. The van der Waals surface area contributed by atoms with Gasteiger partial charge in [-0.25, -0.2) is 14.1 Å². The van der Waals surface area contributed by atoms with Crippen molar-refractivity contribution in [1.29, 1.82) is 0 Å². The Morgan fingerprint density at radius 2 is 1.68 bits per heavy atom. The second-order valence-electron chi connectivity index (χ2n) is 8.36. The van der Waals surface area contributed by atoms with Gasteiger partial charge in [0.25, 0.3) is 0 Å². The van der Waals surface area contributed by atoms with Gasteiger partial charge in [-0.2, -0.15) is 0 Å². The van der Waals surface area contributed by atoms with E-state index >= 15 is 0 Å². The SMILES string of the molecule is C=C1N(c2cccc3ccccc23)C(=O)OC12CCN(CCc1ccc(F)cc1)CC2. The molecule has 4 nitrogen and oxygen atoms in total. The molecule has 158 valence electrons. The van der Waals surface area contributed by atoms with Gasteiger partial charge >= 0.3 is 6.09 Å². The number of benzene rings is 3. The molecule has 5 heteroatoms. The molecule has 31 heavy (non-hydrogen) atoms. The Hall–Kier alpha value is -3.18. The summed E-state index contributed by atoms with van der Waals surface area (Å²) < 4.78 is 19.1. The summed E-state index contributed by atoms with van der Waals surface area (Å²) in [6.07, 6.45) is 1.97. The van der Waals surface area contributed by atoms with Crippen molar-refractivity contribution in [3.63, 3.8) is 0 Å². The molecule has 0 unspecified atom stereocenters. The molecule has 0 bridgehead atoms. The van der Waals surface area contributed by atoms with Gasteiger partial charge in [0.05, 0.1) is 11.4 Å². The third kappa shape index (κ3) is 3.59. The Kier molecular flexibility index (Phi) is 4.98. The maximum Gasteiger partial charge on any atom is 0.419 e. The van der Waals surface area contributed by atoms with Crippen molar-refractivity contribution in [2.24, 2.45) is 0 Å². The van der Waals surface area contributed by atoms with Gasteiger partial charge in [-0.3, -0.25) is 0 Å². The average molecular weight is 416 g/mol. The number of anilines is 1. The molecule has 2 aliphatic heterocycles. The van der Waals surface area contributed by atoms with Crippen LogP contribution in [-0.4, -0.2) is 36.2 Å². The molecule has 5 rings (SSSR count). The number of halogens is 1. The van der Waals surface area contributed by atoms with E-state index in [0.717, 1.165) is 66.6 Å². The number of nitrogens with zero attached hydrogens (tertiary/aromatic N) is 2. The van der Waals surface area contributed by atoms with Crippen LogP contribution in [0.1, 0.15) is 18.4 Å². The van der Waals surface area contributed by atoms with Gasteiger partial charge in [-0.1, -0.05) is 55.1 Å². The first-order valence-electron chi connectivity index (χ1n) is 10.7. The number of fused-ring (bicyclic) bond motifs is 1. The number of hydrogen-bond acceptors (Lipinski definition) is 3. The van der Waals surface area contributed by atoms with Crippen molar-refractivity contribution in [1.82, 2.24) is 4.90 Å². The molecule has 2 fully saturated rings. The molecular formula is C26H25FN2O2. The van der Waals surface area contributed by atoms with E-state index in [-0.39, 0.29) is 11.9 Å². The molecule has 0 aliphatic carbocycles. The summed E-state index contributed by atoms with van der Waals surface area (Å²) >= 11 is 0. The van der Waals surface area contributed by atoms with Gasteiger partial charge in [-0.15, -0.1) is 0 Å². The zero-order chi connectivity index (χ0) is 21.4. The lowest BCUT2D eigenvalue weighted by molar-refractivity contribution is 0.0154. The van der Waals surface area contributed by atoms with Crippen molar-refractivity contribution in [3.05, 3.63) is 90.4 Å². The average Bonchev–Trinajstić information content (AvgIpc) is 3.03. The number of carbonyl (C=O) groups is 1. The second-order valence-corrected chi connectivity index (χ2v) is 8.36. The fourth-order valence-electron chi connectivity index (χ4n) is 4.70. The third-order valence-corrected chi connectivity index (χ3v) is 6.56. The quantitative estimate of drug-likeness (QED) is 0.561. The molecule has 0 atom stereocenters. The van der Waals surface area contributed by atoms with Crippen LogP contribution in [0.2, 0.25) is 0 Å². The normalized spacial score (nSPS) is 18.7. The third-order valence-electron chi connectivity index (χ3n) is 6.56. The van der Waals surface area contributed by atoms with Crippen molar-refractivity contribution >= 4 is 22.6 Å². The first-order valence-corrected chi connectivity index (χ1v) is 10.7. The summed E-state index contributed by atoms with van der Waals surface area (Å²) in [7, 11) is 0. The number of likely N-dealkylation sites (tertiary alicyclic amines) is 1. The zero-order valence-electron chi connectivity index (χ0n) is 17.4. The lowest BCUT2D eigenvalue weighted by Gasteiger charge is -2.38. The molecule has 3 aromatic rings. The number of piperidine rings is 1. The number of amides is 1. The molecule has 2 heterocycles. The first kappa shape index (κ1) is 19.8. The predicted octanol–water partition coefficient (Wildman–Crippen LogP) is 5.53. The maximum atomic E-state index is 13.1. The molecule has 2 aliphatic rings. The fraction of sp³-hybridized carbons (Fsp3) is 0.269. The van der Waals surface area contributed by atoms with E-state index in [1.807, 2.05) is 54.6 Å². The number of carbonyl (C=O) groups excluding carboxylic acids is 1. The van der Waals surface area contributed by atoms with E-state index in [2.05, 4.69) is 11.5 Å². The minimum absolute atomic E-state index is 0.207. The standard InChI is InChI=1S/C26H25FN2O2/c1-19-26(14-17-28(18-15-26)16-13-20-9-11-22(27)12-10-20)31-25(30)29(19)24-8-4-6-21-5-2-3-7-23(21)24/h2-12H,1,13-18H2. The van der Waals surface area contributed by atoms with Crippen molar-refractivity contribution in [2.45, 2.75) is 24.9 Å². The first-order chi connectivity index (χ1) is 15.1. The number of rotatable bonds is 4. The minimum Gasteiger partial charge on any atom is -0.436 e. The lowest BCUT2D eigenvalue weighted by Crippen LogP contribution is -2.46. The minimum atomic E-state index is -0.638. The topological polar surface area (TPSA) is 32.8 Å². The highest BCUT2D eigenvalue weighted by atomic mass is 19.1. The van der Waals surface area contributed by atoms with Crippen LogP contribution in [0.4, 0.5) is 14.9 Å². The molecule has 0 radical (unpaired) electrons. The zero-order valence-corrected chi connectivity index (χ0v) is 17.4. The Bertz CT molecular complexity index is 1130. The highest BCUT2D eigenvalue weighted by Gasteiger charge is 2.51. The Morgan fingerprint density at radius 3 is 2.45 bits per heavy atom. The highest BCUT2D eigenvalue weighted by molar-refractivity contribution is 6.05. The molecule has 1 spiro atoms. The molecule has 0 saturated carbocycles. The summed E-state index contributed by atoms with van der Waals surface area (Å²) in [5, 5.41) is 2.09. The summed E-state index contributed by atoms with van der Waals surface area (Å²) in [4.78, 5) is 16.9. The number of hydrogen-bond donors (Lipinski definition) is 0. The van der Waals surface area contributed by atoms with Crippen molar-refractivity contribution in [3.8, 4) is 0 Å². The van der Waals surface area contributed by atoms with Crippen LogP contribution in [-0.2, 0) is 11.2 Å². The molecule has 1 amide bonds. The molecular weight excluding hydrogens is 391 g/mol. The van der Waals surface area contributed by atoms with Gasteiger partial charge in [0.15, 0.2) is 5.60 Å². The van der Waals surface area contributed by atoms with E-state index in [9.17, 15) is 9.18 Å². The second kappa shape index (κ2) is 7.82. The Morgan fingerprint density at radius 1 is 0.968 bits per heavy atom. The summed E-state index contributed by atoms with van der Waals surface area (Å²) in [5.74, 6) is -0.207. The van der Waals surface area contributed by atoms with E-state index in [0.29, 0.717) is 0 Å². The molecule has 0 N–H and O–H groups in total. The van der Waals surface area contributed by atoms with Gasteiger partial charge in [-0.05, 0) is 35.6 Å². The maximum absolute atomic E-state index is 13.1. The van der Waals surface area contributed by atoms with Crippen LogP contribution in [0.3, 0.4) is 0 Å². The summed E-state index contributed by atoms with van der Waals surface area (Å²) in [6, 6.07) is 20.7. The smallest absolute Gasteiger partial charge is 0.419 e. The van der Waals surface area contributed by atoms with Crippen LogP contribution >= 0.6 is 0 Å². The van der Waals surface area contributed by atoms with E-state index < -0.39 is 5.60 Å². The highest BCUT2D eigenvalue weighted by Crippen LogP contribution is 2.44. The van der Waals surface area contributed by atoms with Gasteiger partial charge in [0, 0.05) is 37.9 Å². The van der Waals surface area contributed by atoms with Crippen molar-refractivity contribution in [2.75, 3.05) is 24.5 Å². The molecule has 0 aromatic heterocycles. The molecule has 2 saturated heterocycles. The van der Waals surface area contributed by atoms with E-state index in [1.54, 1.807) is 4.90 Å². The van der Waals surface area contributed by atoms with E-state index in [4.69, 9.17) is 4.74 Å². The summed E-state index contributed by atoms with van der Waals surface area (Å²) in [5.41, 5.74) is 2.04. The van der Waals surface area contributed by atoms with Crippen LogP contribution < -0.4 is 4.90 Å². The lowest BCUT2D eigenvalue weighted by atomic mass is 9.88. The number of ether oxygens (including phenoxy) is 1. The van der Waals surface area contributed by atoms with Crippen LogP contribution in [0, 0.1) is 5.82 Å². The van der Waals surface area contributed by atoms with E-state index in [1.165, 1.54) is 12.1 Å². The van der Waals surface area contributed by atoms with Crippen LogP contribution in [0.25, 0.3) is 10.8 Å². The monoisotopic (exact) mass is 416 g/mol. The van der Waals surface area contributed by atoms with Gasteiger partial charge in [0.2, 0.25) is 0 Å². The van der Waals surface area contributed by atoms with Crippen LogP contribution in [0.5, 0.6) is 0 Å². The predicted molar refractivity (Wildman–Crippen MR) is 121 cm³/mol. The van der Waals surface area contributed by atoms with Gasteiger partial charge in [0.1, 0.15) is 5.82 Å². The largest absolute Gasteiger partial charge is 0.436 e. The van der Waals surface area contributed by atoms with Crippen LogP contribution in [0.15, 0.2) is 79.0 Å². The van der Waals surface area contributed by atoms with Crippen molar-refractivity contribution < 1.29 is 13.9 Å².